The number of carbonyl (C=O) groups excluding carboxylic acids is 1. The van der Waals surface area contributed by atoms with E-state index in [1.54, 1.807) is 6.20 Å². The molecule has 0 spiro atoms. The normalized spacial score (nSPS) is 10.4. The van der Waals surface area contributed by atoms with Gasteiger partial charge in [-0.15, -0.1) is 0 Å². The van der Waals surface area contributed by atoms with Crippen molar-refractivity contribution in [2.24, 2.45) is 0 Å². The number of unbranched alkanes of at least 4 members (excludes halogenated alkanes) is 1. The molecule has 0 saturated heterocycles. The summed E-state index contributed by atoms with van der Waals surface area (Å²) in [5.74, 6) is 0.322. The number of aromatic nitrogens is 2. The van der Waals surface area contributed by atoms with Crippen molar-refractivity contribution in [1.82, 2.24) is 9.78 Å². The first-order valence-electron chi connectivity index (χ1n) is 5.29. The number of nitrogens with zero attached hydrogens (tertiary/aromatic N) is 2. The Balaban J connectivity index is 2.39. The molecule has 1 aromatic rings. The third-order valence-corrected chi connectivity index (χ3v) is 2.22. The van der Waals surface area contributed by atoms with E-state index in [0.29, 0.717) is 18.6 Å². The molecule has 0 fully saturated rings. The van der Waals surface area contributed by atoms with Gasteiger partial charge in [-0.1, -0.05) is 13.3 Å². The highest BCUT2D eigenvalue weighted by Crippen LogP contribution is 2.04. The number of carbonyl (C=O) groups is 1. The molecule has 3 heteroatoms. The van der Waals surface area contributed by atoms with E-state index < -0.39 is 0 Å². The van der Waals surface area contributed by atoms with Crippen LogP contribution >= 0.6 is 0 Å². The lowest BCUT2D eigenvalue weighted by atomic mass is 10.1. The van der Waals surface area contributed by atoms with Crippen LogP contribution in [-0.2, 0) is 17.8 Å². The molecule has 0 saturated carbocycles. The van der Waals surface area contributed by atoms with Crippen molar-refractivity contribution in [2.45, 2.75) is 46.1 Å². The van der Waals surface area contributed by atoms with Crippen LogP contribution in [0.15, 0.2) is 12.4 Å². The monoisotopic (exact) mass is 194 g/mol. The highest BCUT2D eigenvalue weighted by Gasteiger charge is 2.04. The molecule has 0 N–H and O–H groups in total. The number of rotatable bonds is 6. The summed E-state index contributed by atoms with van der Waals surface area (Å²) in [6.07, 6.45) is 7.06. The SMILES string of the molecule is CCCCC(=O)Cc1cnn(CC)c1. The first kappa shape index (κ1) is 11.0. The van der Waals surface area contributed by atoms with Gasteiger partial charge in [0.15, 0.2) is 0 Å². The van der Waals surface area contributed by atoms with E-state index in [1.807, 2.05) is 17.8 Å². The molecule has 0 aliphatic carbocycles. The van der Waals surface area contributed by atoms with Gasteiger partial charge in [-0.25, -0.2) is 0 Å². The summed E-state index contributed by atoms with van der Waals surface area (Å²) in [5.41, 5.74) is 1.04. The van der Waals surface area contributed by atoms with Crippen LogP contribution < -0.4 is 0 Å². The van der Waals surface area contributed by atoms with Gasteiger partial charge in [-0.2, -0.15) is 5.10 Å². The lowest BCUT2D eigenvalue weighted by Gasteiger charge is -1.96. The fourth-order valence-corrected chi connectivity index (χ4v) is 1.36. The molecule has 0 amide bonds. The maximum atomic E-state index is 11.4. The zero-order valence-electron chi connectivity index (χ0n) is 8.99. The second-order valence-electron chi connectivity index (χ2n) is 3.52. The molecule has 14 heavy (non-hydrogen) atoms. The fourth-order valence-electron chi connectivity index (χ4n) is 1.36. The van der Waals surface area contributed by atoms with Gasteiger partial charge in [0, 0.05) is 25.6 Å². The minimum Gasteiger partial charge on any atom is -0.299 e. The smallest absolute Gasteiger partial charge is 0.137 e. The van der Waals surface area contributed by atoms with Crippen molar-refractivity contribution in [2.75, 3.05) is 0 Å². The largest absolute Gasteiger partial charge is 0.299 e. The summed E-state index contributed by atoms with van der Waals surface area (Å²) < 4.78 is 1.85. The molecule has 0 aliphatic rings. The molecule has 1 rings (SSSR count). The van der Waals surface area contributed by atoms with Crippen LogP contribution in [0.25, 0.3) is 0 Å². The van der Waals surface area contributed by atoms with Crippen molar-refractivity contribution in [3.8, 4) is 0 Å². The second-order valence-corrected chi connectivity index (χ2v) is 3.52. The van der Waals surface area contributed by atoms with Gasteiger partial charge < -0.3 is 0 Å². The van der Waals surface area contributed by atoms with Gasteiger partial charge in [0.2, 0.25) is 0 Å². The molecule has 0 radical (unpaired) electrons. The van der Waals surface area contributed by atoms with Crippen LogP contribution in [0.4, 0.5) is 0 Å². The van der Waals surface area contributed by atoms with Gasteiger partial charge >= 0.3 is 0 Å². The maximum Gasteiger partial charge on any atom is 0.137 e. The topological polar surface area (TPSA) is 34.9 Å². The van der Waals surface area contributed by atoms with Gasteiger partial charge in [0.25, 0.3) is 0 Å². The Morgan fingerprint density at radius 3 is 2.86 bits per heavy atom. The summed E-state index contributed by atoms with van der Waals surface area (Å²) in [6, 6.07) is 0. The van der Waals surface area contributed by atoms with Gasteiger partial charge in [-0.3, -0.25) is 9.48 Å². The van der Waals surface area contributed by atoms with Crippen LogP contribution in [0.3, 0.4) is 0 Å². The van der Waals surface area contributed by atoms with E-state index in [2.05, 4.69) is 12.0 Å². The molecule has 0 atom stereocenters. The van der Waals surface area contributed by atoms with Gasteiger partial charge in [0.05, 0.1) is 6.20 Å². The summed E-state index contributed by atoms with van der Waals surface area (Å²) in [4.78, 5) is 11.4. The van der Waals surface area contributed by atoms with E-state index in [0.717, 1.165) is 24.9 Å². The van der Waals surface area contributed by atoms with Crippen molar-refractivity contribution in [3.63, 3.8) is 0 Å². The lowest BCUT2D eigenvalue weighted by molar-refractivity contribution is -0.118. The summed E-state index contributed by atoms with van der Waals surface area (Å²) in [5, 5.41) is 4.13. The Morgan fingerprint density at radius 2 is 2.29 bits per heavy atom. The van der Waals surface area contributed by atoms with Crippen LogP contribution in [0.2, 0.25) is 0 Å². The Morgan fingerprint density at radius 1 is 1.50 bits per heavy atom. The Bertz CT molecular complexity index is 291. The molecule has 0 aromatic carbocycles. The predicted octanol–water partition coefficient (Wildman–Crippen LogP) is 2.20. The molecular weight excluding hydrogens is 176 g/mol. The van der Waals surface area contributed by atoms with E-state index >= 15 is 0 Å². The van der Waals surface area contributed by atoms with Crippen LogP contribution in [0, 0.1) is 0 Å². The van der Waals surface area contributed by atoms with E-state index in [-0.39, 0.29) is 0 Å². The summed E-state index contributed by atoms with van der Waals surface area (Å²) >= 11 is 0. The Kier molecular flexibility index (Phi) is 4.36. The summed E-state index contributed by atoms with van der Waals surface area (Å²) in [7, 11) is 0. The molecule has 1 heterocycles. The molecule has 0 unspecified atom stereocenters. The third-order valence-electron chi connectivity index (χ3n) is 2.22. The quantitative estimate of drug-likeness (QED) is 0.696. The molecule has 1 aromatic heterocycles. The van der Waals surface area contributed by atoms with Crippen molar-refractivity contribution < 1.29 is 4.79 Å². The number of Topliss-reactive ketones (excluding diaryl/α,β-unsaturated/α-hetero) is 1. The number of ketones is 1. The zero-order valence-corrected chi connectivity index (χ0v) is 8.99. The van der Waals surface area contributed by atoms with Gasteiger partial charge in [0.1, 0.15) is 5.78 Å². The Hall–Kier alpha value is -1.12. The standard InChI is InChI=1S/C11H18N2O/c1-3-5-6-11(14)7-10-8-12-13(4-2)9-10/h8-9H,3-7H2,1-2H3. The third kappa shape index (κ3) is 3.32. The highest BCUT2D eigenvalue weighted by molar-refractivity contribution is 5.80. The van der Waals surface area contributed by atoms with E-state index in [1.165, 1.54) is 0 Å². The molecule has 3 nitrogen and oxygen atoms in total. The summed E-state index contributed by atoms with van der Waals surface area (Å²) in [6.45, 7) is 5.00. The minimum atomic E-state index is 0.322. The number of hydrogen-bond acceptors (Lipinski definition) is 2. The molecule has 0 aliphatic heterocycles. The van der Waals surface area contributed by atoms with E-state index in [4.69, 9.17) is 0 Å². The van der Waals surface area contributed by atoms with E-state index in [9.17, 15) is 4.79 Å². The Labute approximate surface area is 85.1 Å². The lowest BCUT2D eigenvalue weighted by Crippen LogP contribution is -2.01. The van der Waals surface area contributed by atoms with Gasteiger partial charge in [-0.05, 0) is 18.9 Å². The first-order chi connectivity index (χ1) is 6.76. The molecule has 0 bridgehead atoms. The minimum absolute atomic E-state index is 0.322. The molecule has 78 valence electrons. The average Bonchev–Trinajstić information content (AvgIpc) is 2.62. The maximum absolute atomic E-state index is 11.4. The zero-order chi connectivity index (χ0) is 10.4. The second kappa shape index (κ2) is 5.58. The number of aryl methyl sites for hydroxylation is 1. The first-order valence-corrected chi connectivity index (χ1v) is 5.29. The fraction of sp³-hybridized carbons (Fsp3) is 0.636. The molecular formula is C11H18N2O. The van der Waals surface area contributed by atoms with Crippen LogP contribution in [0.5, 0.6) is 0 Å². The van der Waals surface area contributed by atoms with Crippen LogP contribution in [0.1, 0.15) is 38.7 Å². The highest BCUT2D eigenvalue weighted by atomic mass is 16.1. The average molecular weight is 194 g/mol. The van der Waals surface area contributed by atoms with Crippen molar-refractivity contribution in [1.29, 1.82) is 0 Å². The number of hydrogen-bond donors (Lipinski definition) is 0. The van der Waals surface area contributed by atoms with Crippen LogP contribution in [-0.4, -0.2) is 15.6 Å². The van der Waals surface area contributed by atoms with Crippen molar-refractivity contribution in [3.05, 3.63) is 18.0 Å². The predicted molar refractivity (Wildman–Crippen MR) is 56.1 cm³/mol. The van der Waals surface area contributed by atoms with Crippen molar-refractivity contribution >= 4 is 5.78 Å².